The standard InChI is InChI=1S/C19H14Cl3N3O2/c1-25(10-17(26)23-12-6-7-14(20)15(21)9-12)19(27)16-8-11-4-2-3-5-13(11)18(22)24-16/h2-9H,10H2,1H3,(H,23,26). The zero-order valence-corrected chi connectivity index (χ0v) is 16.4. The van der Waals surface area contributed by atoms with E-state index in [4.69, 9.17) is 34.8 Å². The van der Waals surface area contributed by atoms with Gasteiger partial charge in [-0.25, -0.2) is 4.98 Å². The van der Waals surface area contributed by atoms with E-state index in [0.717, 1.165) is 10.8 Å². The summed E-state index contributed by atoms with van der Waals surface area (Å²) in [4.78, 5) is 30.2. The number of nitrogens with zero attached hydrogens (tertiary/aromatic N) is 2. The third-order valence-corrected chi connectivity index (χ3v) is 4.87. The summed E-state index contributed by atoms with van der Waals surface area (Å²) in [5.74, 6) is -0.789. The van der Waals surface area contributed by atoms with Gasteiger partial charge in [-0.3, -0.25) is 9.59 Å². The highest BCUT2D eigenvalue weighted by Crippen LogP contribution is 2.25. The summed E-state index contributed by atoms with van der Waals surface area (Å²) in [5, 5.41) is 5.18. The maximum atomic E-state index is 12.6. The molecular formula is C19H14Cl3N3O2. The first kappa shape index (κ1) is 19.4. The summed E-state index contributed by atoms with van der Waals surface area (Å²) in [6.45, 7) is -0.162. The van der Waals surface area contributed by atoms with Gasteiger partial charge >= 0.3 is 0 Å². The van der Waals surface area contributed by atoms with Crippen LogP contribution in [0.5, 0.6) is 0 Å². The first-order valence-corrected chi connectivity index (χ1v) is 9.04. The molecule has 138 valence electrons. The molecule has 0 saturated carbocycles. The number of likely N-dealkylation sites (N-methyl/N-ethyl adjacent to an activating group) is 1. The van der Waals surface area contributed by atoms with Gasteiger partial charge < -0.3 is 10.2 Å². The molecule has 1 heterocycles. The van der Waals surface area contributed by atoms with Gasteiger partial charge in [0.25, 0.3) is 5.91 Å². The first-order chi connectivity index (χ1) is 12.8. The maximum absolute atomic E-state index is 12.6. The normalized spacial score (nSPS) is 10.7. The third kappa shape index (κ3) is 4.50. The van der Waals surface area contributed by atoms with Gasteiger partial charge in [-0.2, -0.15) is 0 Å². The molecule has 0 radical (unpaired) electrons. The molecule has 2 aromatic carbocycles. The van der Waals surface area contributed by atoms with Crippen LogP contribution in [0.3, 0.4) is 0 Å². The quantitative estimate of drug-likeness (QED) is 0.608. The number of carbonyl (C=O) groups is 2. The lowest BCUT2D eigenvalue weighted by atomic mass is 10.1. The number of hydrogen-bond acceptors (Lipinski definition) is 3. The molecule has 3 rings (SSSR count). The predicted molar refractivity (Wildman–Crippen MR) is 109 cm³/mol. The van der Waals surface area contributed by atoms with Crippen LogP contribution in [0, 0.1) is 0 Å². The van der Waals surface area contributed by atoms with E-state index in [1.807, 2.05) is 24.3 Å². The lowest BCUT2D eigenvalue weighted by molar-refractivity contribution is -0.116. The van der Waals surface area contributed by atoms with Crippen molar-refractivity contribution in [3.05, 3.63) is 69.4 Å². The van der Waals surface area contributed by atoms with Crippen LogP contribution in [0.1, 0.15) is 10.5 Å². The van der Waals surface area contributed by atoms with E-state index in [9.17, 15) is 9.59 Å². The number of nitrogens with one attached hydrogen (secondary N) is 1. The van der Waals surface area contributed by atoms with E-state index in [-0.39, 0.29) is 23.3 Å². The Morgan fingerprint density at radius 2 is 1.78 bits per heavy atom. The average Bonchev–Trinajstić information content (AvgIpc) is 2.64. The van der Waals surface area contributed by atoms with Gasteiger partial charge in [0, 0.05) is 18.1 Å². The molecule has 3 aromatic rings. The van der Waals surface area contributed by atoms with Gasteiger partial charge in [-0.15, -0.1) is 0 Å². The molecule has 0 aliphatic carbocycles. The fourth-order valence-electron chi connectivity index (χ4n) is 2.52. The van der Waals surface area contributed by atoms with E-state index in [1.54, 1.807) is 18.2 Å². The van der Waals surface area contributed by atoms with Crippen LogP contribution >= 0.6 is 34.8 Å². The Morgan fingerprint density at radius 3 is 2.52 bits per heavy atom. The van der Waals surface area contributed by atoms with Crippen molar-refractivity contribution in [3.63, 3.8) is 0 Å². The Bertz CT molecular complexity index is 1040. The van der Waals surface area contributed by atoms with Crippen molar-refractivity contribution < 1.29 is 9.59 Å². The van der Waals surface area contributed by atoms with Gasteiger partial charge in [0.15, 0.2) is 0 Å². The minimum atomic E-state index is -0.410. The second-order valence-electron chi connectivity index (χ2n) is 5.86. The summed E-state index contributed by atoms with van der Waals surface area (Å²) in [6.07, 6.45) is 0. The summed E-state index contributed by atoms with van der Waals surface area (Å²) >= 11 is 17.9. The number of rotatable bonds is 4. The molecule has 5 nitrogen and oxygen atoms in total. The van der Waals surface area contributed by atoms with Crippen LogP contribution in [0.2, 0.25) is 15.2 Å². The minimum absolute atomic E-state index is 0.162. The lowest BCUT2D eigenvalue weighted by Gasteiger charge is -2.17. The Balaban J connectivity index is 1.71. The zero-order valence-electron chi connectivity index (χ0n) is 14.2. The molecular weight excluding hydrogens is 409 g/mol. The summed E-state index contributed by atoms with van der Waals surface area (Å²) in [5.41, 5.74) is 0.658. The smallest absolute Gasteiger partial charge is 0.272 e. The topological polar surface area (TPSA) is 62.3 Å². The summed E-state index contributed by atoms with van der Waals surface area (Å²) in [7, 11) is 1.52. The Kier molecular flexibility index (Phi) is 5.85. The van der Waals surface area contributed by atoms with E-state index >= 15 is 0 Å². The molecule has 0 bridgehead atoms. The zero-order chi connectivity index (χ0) is 19.6. The maximum Gasteiger partial charge on any atom is 0.272 e. The van der Waals surface area contributed by atoms with E-state index in [0.29, 0.717) is 15.7 Å². The Labute approximate surface area is 170 Å². The lowest BCUT2D eigenvalue weighted by Crippen LogP contribution is -2.35. The molecule has 8 heteroatoms. The second-order valence-corrected chi connectivity index (χ2v) is 7.03. The number of pyridine rings is 1. The number of amides is 2. The number of fused-ring (bicyclic) bond motifs is 1. The molecule has 27 heavy (non-hydrogen) atoms. The monoisotopic (exact) mass is 421 g/mol. The van der Waals surface area contributed by atoms with E-state index in [2.05, 4.69) is 10.3 Å². The number of carbonyl (C=O) groups excluding carboxylic acids is 2. The minimum Gasteiger partial charge on any atom is -0.331 e. The molecule has 0 unspecified atom stereocenters. The average molecular weight is 423 g/mol. The first-order valence-electron chi connectivity index (χ1n) is 7.91. The van der Waals surface area contributed by atoms with Crippen molar-refractivity contribution in [2.24, 2.45) is 0 Å². The fourth-order valence-corrected chi connectivity index (χ4v) is 3.08. The summed E-state index contributed by atoms with van der Waals surface area (Å²) < 4.78 is 0. The van der Waals surface area contributed by atoms with Gasteiger partial charge in [0.1, 0.15) is 10.8 Å². The van der Waals surface area contributed by atoms with Crippen LogP contribution in [0.15, 0.2) is 48.5 Å². The molecule has 1 aromatic heterocycles. The number of halogens is 3. The van der Waals surface area contributed by atoms with Gasteiger partial charge in [-0.05, 0) is 29.7 Å². The highest BCUT2D eigenvalue weighted by atomic mass is 35.5. The number of aromatic nitrogens is 1. The Hall–Kier alpha value is -2.34. The highest BCUT2D eigenvalue weighted by Gasteiger charge is 2.18. The number of hydrogen-bond donors (Lipinski definition) is 1. The van der Waals surface area contributed by atoms with Gasteiger partial charge in [0.2, 0.25) is 5.91 Å². The molecule has 1 N–H and O–H groups in total. The third-order valence-electron chi connectivity index (χ3n) is 3.84. The molecule has 0 spiro atoms. The van der Waals surface area contributed by atoms with Crippen LogP contribution in [-0.4, -0.2) is 35.3 Å². The molecule has 0 atom stereocenters. The van der Waals surface area contributed by atoms with E-state index in [1.165, 1.54) is 18.0 Å². The van der Waals surface area contributed by atoms with E-state index < -0.39 is 5.91 Å². The predicted octanol–water partition coefficient (Wildman–Crippen LogP) is 4.91. The van der Waals surface area contributed by atoms with Crippen molar-refractivity contribution in [2.45, 2.75) is 0 Å². The van der Waals surface area contributed by atoms with Gasteiger partial charge in [-0.1, -0.05) is 59.1 Å². The van der Waals surface area contributed by atoms with Crippen LogP contribution in [0.4, 0.5) is 5.69 Å². The van der Waals surface area contributed by atoms with Crippen molar-refractivity contribution >= 4 is 63.1 Å². The van der Waals surface area contributed by atoms with Gasteiger partial charge in [0.05, 0.1) is 16.6 Å². The largest absolute Gasteiger partial charge is 0.331 e. The second kappa shape index (κ2) is 8.13. The molecule has 0 aliphatic heterocycles. The van der Waals surface area contributed by atoms with Crippen molar-refractivity contribution in [1.29, 1.82) is 0 Å². The summed E-state index contributed by atoms with van der Waals surface area (Å²) in [6, 6.07) is 13.8. The molecule has 0 fully saturated rings. The number of anilines is 1. The van der Waals surface area contributed by atoms with Crippen molar-refractivity contribution in [3.8, 4) is 0 Å². The van der Waals surface area contributed by atoms with Crippen LogP contribution in [0.25, 0.3) is 10.8 Å². The molecule has 0 saturated heterocycles. The number of benzene rings is 2. The van der Waals surface area contributed by atoms with Crippen molar-refractivity contribution in [1.82, 2.24) is 9.88 Å². The fraction of sp³-hybridized carbons (Fsp3) is 0.105. The molecule has 2 amide bonds. The SMILES string of the molecule is CN(CC(=O)Nc1ccc(Cl)c(Cl)c1)C(=O)c1cc2ccccc2c(Cl)n1. The van der Waals surface area contributed by atoms with Crippen molar-refractivity contribution in [2.75, 3.05) is 18.9 Å². The highest BCUT2D eigenvalue weighted by molar-refractivity contribution is 6.42. The Morgan fingerprint density at radius 1 is 1.04 bits per heavy atom. The van der Waals surface area contributed by atoms with Crippen LogP contribution < -0.4 is 5.32 Å². The molecule has 0 aliphatic rings. The van der Waals surface area contributed by atoms with Crippen LogP contribution in [-0.2, 0) is 4.79 Å².